The van der Waals surface area contributed by atoms with E-state index in [0.29, 0.717) is 18.7 Å². The highest BCUT2D eigenvalue weighted by Gasteiger charge is 2.33. The highest BCUT2D eigenvalue weighted by Crippen LogP contribution is 2.38. The number of thioether (sulfide) groups is 1. The van der Waals surface area contributed by atoms with Gasteiger partial charge in [0.1, 0.15) is 11.2 Å². The molecule has 2 fully saturated rings. The van der Waals surface area contributed by atoms with Crippen molar-refractivity contribution in [1.29, 1.82) is 0 Å². The molecule has 118 valence electrons. The van der Waals surface area contributed by atoms with Crippen molar-refractivity contribution >= 4 is 23.6 Å². The van der Waals surface area contributed by atoms with Crippen molar-refractivity contribution in [2.75, 3.05) is 25.4 Å². The molecule has 22 heavy (non-hydrogen) atoms. The summed E-state index contributed by atoms with van der Waals surface area (Å²) in [5, 5.41) is -0.186. The van der Waals surface area contributed by atoms with Crippen LogP contribution < -0.4 is 0 Å². The van der Waals surface area contributed by atoms with Gasteiger partial charge >= 0.3 is 0 Å². The maximum atomic E-state index is 13.4. The molecule has 0 aromatic heterocycles. The number of amides is 2. The minimum absolute atomic E-state index is 0.0217. The van der Waals surface area contributed by atoms with Gasteiger partial charge in [-0.2, -0.15) is 0 Å². The lowest BCUT2D eigenvalue weighted by atomic mass is 10.2. The van der Waals surface area contributed by atoms with Crippen molar-refractivity contribution in [3.63, 3.8) is 0 Å². The fraction of sp³-hybridized carbons (Fsp3) is 0.500. The third-order valence-corrected chi connectivity index (χ3v) is 5.38. The predicted molar refractivity (Wildman–Crippen MR) is 83.7 cm³/mol. The van der Waals surface area contributed by atoms with Crippen molar-refractivity contribution in [2.24, 2.45) is 0 Å². The van der Waals surface area contributed by atoms with Gasteiger partial charge in [0.15, 0.2) is 0 Å². The van der Waals surface area contributed by atoms with Gasteiger partial charge in [-0.15, -0.1) is 11.8 Å². The van der Waals surface area contributed by atoms with E-state index in [1.165, 1.54) is 23.9 Å². The Kier molecular flexibility index (Phi) is 4.66. The zero-order chi connectivity index (χ0) is 15.5. The summed E-state index contributed by atoms with van der Waals surface area (Å²) in [5.74, 6) is 0.221. The Balaban J connectivity index is 1.65. The minimum Gasteiger partial charge on any atom is -0.343 e. The summed E-state index contributed by atoms with van der Waals surface area (Å²) in [4.78, 5) is 27.8. The number of likely N-dealkylation sites (tertiary alicyclic amines) is 1. The number of nitrogens with zero attached hydrogens (tertiary/aromatic N) is 2. The molecule has 0 unspecified atom stereocenters. The van der Waals surface area contributed by atoms with E-state index in [9.17, 15) is 14.0 Å². The normalized spacial score (nSPS) is 21.7. The summed E-state index contributed by atoms with van der Waals surface area (Å²) in [6, 6.07) is 6.34. The fourth-order valence-electron chi connectivity index (χ4n) is 2.97. The molecule has 6 heteroatoms. The van der Waals surface area contributed by atoms with E-state index in [0.717, 1.165) is 31.5 Å². The molecule has 2 saturated heterocycles. The molecule has 1 aromatic rings. The van der Waals surface area contributed by atoms with Gasteiger partial charge in [-0.05, 0) is 30.5 Å². The van der Waals surface area contributed by atoms with Gasteiger partial charge < -0.3 is 9.80 Å². The fourth-order valence-corrected chi connectivity index (χ4v) is 4.18. The quantitative estimate of drug-likeness (QED) is 0.855. The standard InChI is InChI=1S/C16H19FN2O2S/c17-13-5-3-4-12(10-13)16-19(15(21)11-22-16)9-6-14(20)18-7-1-2-8-18/h3-5,10,16H,1-2,6-9,11H2/t16-/m1/s1. The first-order valence-corrected chi connectivity index (χ1v) is 8.64. The predicted octanol–water partition coefficient (Wildman–Crippen LogP) is 2.41. The van der Waals surface area contributed by atoms with Crippen LogP contribution in [0.5, 0.6) is 0 Å². The second-order valence-electron chi connectivity index (χ2n) is 5.64. The van der Waals surface area contributed by atoms with E-state index >= 15 is 0 Å². The lowest BCUT2D eigenvalue weighted by Gasteiger charge is -2.25. The number of rotatable bonds is 4. The van der Waals surface area contributed by atoms with E-state index in [4.69, 9.17) is 0 Å². The number of hydrogen-bond acceptors (Lipinski definition) is 3. The molecule has 2 heterocycles. The molecule has 0 spiro atoms. The zero-order valence-corrected chi connectivity index (χ0v) is 13.2. The number of carbonyl (C=O) groups excluding carboxylic acids is 2. The highest BCUT2D eigenvalue weighted by molar-refractivity contribution is 8.00. The maximum Gasteiger partial charge on any atom is 0.233 e. The first kappa shape index (κ1) is 15.3. The van der Waals surface area contributed by atoms with E-state index in [-0.39, 0.29) is 23.0 Å². The van der Waals surface area contributed by atoms with Crippen LogP contribution in [0.1, 0.15) is 30.2 Å². The molecule has 3 rings (SSSR count). The lowest BCUT2D eigenvalue weighted by molar-refractivity contribution is -0.132. The third-order valence-electron chi connectivity index (χ3n) is 4.13. The largest absolute Gasteiger partial charge is 0.343 e. The Morgan fingerprint density at radius 3 is 2.82 bits per heavy atom. The Bertz CT molecular complexity index is 575. The highest BCUT2D eigenvalue weighted by atomic mass is 32.2. The zero-order valence-electron chi connectivity index (χ0n) is 12.3. The van der Waals surface area contributed by atoms with Crippen LogP contribution in [0.3, 0.4) is 0 Å². The molecular weight excluding hydrogens is 303 g/mol. The monoisotopic (exact) mass is 322 g/mol. The summed E-state index contributed by atoms with van der Waals surface area (Å²) in [5.41, 5.74) is 0.782. The van der Waals surface area contributed by atoms with Crippen LogP contribution in [0, 0.1) is 5.82 Å². The van der Waals surface area contributed by atoms with Crippen LogP contribution in [0.15, 0.2) is 24.3 Å². The number of benzene rings is 1. The third kappa shape index (κ3) is 3.27. The summed E-state index contributed by atoms with van der Waals surface area (Å²) >= 11 is 1.49. The number of halogens is 1. The SMILES string of the molecule is O=C(CCN1C(=O)CS[C@@H]1c1cccc(F)c1)N1CCCC1. The van der Waals surface area contributed by atoms with E-state index < -0.39 is 0 Å². The molecule has 0 saturated carbocycles. The van der Waals surface area contributed by atoms with Crippen molar-refractivity contribution in [2.45, 2.75) is 24.6 Å². The lowest BCUT2D eigenvalue weighted by Crippen LogP contribution is -2.34. The van der Waals surface area contributed by atoms with Crippen LogP contribution in [-0.2, 0) is 9.59 Å². The molecular formula is C16H19FN2O2S. The molecule has 0 aliphatic carbocycles. The average molecular weight is 322 g/mol. The van der Waals surface area contributed by atoms with Gasteiger partial charge in [-0.3, -0.25) is 9.59 Å². The van der Waals surface area contributed by atoms with Crippen molar-refractivity contribution < 1.29 is 14.0 Å². The van der Waals surface area contributed by atoms with Gasteiger partial charge in [0, 0.05) is 26.1 Å². The Hall–Kier alpha value is -1.56. The molecule has 0 bridgehead atoms. The van der Waals surface area contributed by atoms with Crippen LogP contribution >= 0.6 is 11.8 Å². The van der Waals surface area contributed by atoms with Gasteiger partial charge in [0.25, 0.3) is 0 Å². The van der Waals surface area contributed by atoms with E-state index in [2.05, 4.69) is 0 Å². The van der Waals surface area contributed by atoms with Gasteiger partial charge in [-0.25, -0.2) is 4.39 Å². The van der Waals surface area contributed by atoms with E-state index in [1.807, 2.05) is 11.0 Å². The second-order valence-corrected chi connectivity index (χ2v) is 6.71. The smallest absolute Gasteiger partial charge is 0.233 e. The Morgan fingerprint density at radius 1 is 1.32 bits per heavy atom. The Morgan fingerprint density at radius 2 is 2.09 bits per heavy atom. The molecule has 1 atom stereocenters. The average Bonchev–Trinajstić information content (AvgIpc) is 3.15. The summed E-state index contributed by atoms with van der Waals surface area (Å²) in [6.07, 6.45) is 2.48. The summed E-state index contributed by atoms with van der Waals surface area (Å²) in [7, 11) is 0. The van der Waals surface area contributed by atoms with Gasteiger partial charge in [0.05, 0.1) is 5.75 Å². The second kappa shape index (κ2) is 6.69. The van der Waals surface area contributed by atoms with Crippen LogP contribution in [0.2, 0.25) is 0 Å². The van der Waals surface area contributed by atoms with Crippen LogP contribution in [0.25, 0.3) is 0 Å². The molecule has 0 radical (unpaired) electrons. The van der Waals surface area contributed by atoms with Crippen molar-refractivity contribution in [1.82, 2.24) is 9.80 Å². The molecule has 4 nitrogen and oxygen atoms in total. The molecule has 2 amide bonds. The first-order valence-electron chi connectivity index (χ1n) is 7.59. The minimum atomic E-state index is -0.300. The molecule has 1 aromatic carbocycles. The molecule has 2 aliphatic rings. The van der Waals surface area contributed by atoms with Crippen molar-refractivity contribution in [3.8, 4) is 0 Å². The van der Waals surface area contributed by atoms with Crippen molar-refractivity contribution in [3.05, 3.63) is 35.6 Å². The molecule has 0 N–H and O–H groups in total. The van der Waals surface area contributed by atoms with Gasteiger partial charge in [0.2, 0.25) is 11.8 Å². The maximum absolute atomic E-state index is 13.4. The summed E-state index contributed by atoms with van der Waals surface area (Å²) < 4.78 is 13.4. The first-order chi connectivity index (χ1) is 10.6. The number of carbonyl (C=O) groups is 2. The summed E-state index contributed by atoms with van der Waals surface area (Å²) in [6.45, 7) is 2.06. The van der Waals surface area contributed by atoms with Crippen LogP contribution in [0.4, 0.5) is 4.39 Å². The number of hydrogen-bond donors (Lipinski definition) is 0. The van der Waals surface area contributed by atoms with Crippen LogP contribution in [-0.4, -0.2) is 47.0 Å². The Labute approximate surface area is 133 Å². The molecule has 2 aliphatic heterocycles. The van der Waals surface area contributed by atoms with E-state index in [1.54, 1.807) is 11.0 Å². The topological polar surface area (TPSA) is 40.6 Å². The van der Waals surface area contributed by atoms with Gasteiger partial charge in [-0.1, -0.05) is 12.1 Å².